The van der Waals surface area contributed by atoms with Crippen molar-refractivity contribution in [1.82, 2.24) is 30.2 Å². The minimum atomic E-state index is -0.309. The summed E-state index contributed by atoms with van der Waals surface area (Å²) in [5.74, 6) is -0.208. The van der Waals surface area contributed by atoms with Gasteiger partial charge in [-0.25, -0.2) is 4.98 Å². The second-order valence-electron chi connectivity index (χ2n) is 4.29. The van der Waals surface area contributed by atoms with Gasteiger partial charge in [0.25, 0.3) is 11.5 Å². The highest BCUT2D eigenvalue weighted by Gasteiger charge is 2.08. The van der Waals surface area contributed by atoms with Crippen molar-refractivity contribution >= 4 is 22.8 Å². The lowest BCUT2D eigenvalue weighted by Crippen LogP contribution is -2.23. The quantitative estimate of drug-likeness (QED) is 0.693. The molecule has 2 aromatic heterocycles. The molecule has 0 saturated carbocycles. The number of fused-ring (bicyclic) bond motifs is 1. The lowest BCUT2D eigenvalue weighted by molar-refractivity contribution is -0.116. The third-order valence-corrected chi connectivity index (χ3v) is 2.91. The molecule has 0 bridgehead atoms. The number of aromatic nitrogens is 6. The number of nitrogens with one attached hydrogen (secondary N) is 2. The van der Waals surface area contributed by atoms with Gasteiger partial charge in [-0.05, 0) is 17.3 Å². The number of tetrazole rings is 1. The Balaban J connectivity index is 1.72. The van der Waals surface area contributed by atoms with Crippen molar-refractivity contribution in [1.29, 1.82) is 0 Å². The first-order valence-corrected chi connectivity index (χ1v) is 6.21. The second-order valence-corrected chi connectivity index (χ2v) is 4.29. The Kier molecular flexibility index (Phi) is 3.37. The standard InChI is InChI=1S/C12H11N7O2/c20-10(14-12-15-17-18-16-12)5-6-19-7-13-9-4-2-1-3-8(9)11(19)21/h1-4,7H,5-6H2,(H2,14,15,16,17,18,20). The SMILES string of the molecule is O=C(CCn1cnc2ccccc2c1=O)Nc1nn[nH]n1. The van der Waals surface area contributed by atoms with Gasteiger partial charge in [0.1, 0.15) is 0 Å². The highest BCUT2D eigenvalue weighted by molar-refractivity contribution is 5.88. The number of para-hydroxylation sites is 1. The van der Waals surface area contributed by atoms with Crippen LogP contribution in [0.5, 0.6) is 0 Å². The van der Waals surface area contributed by atoms with E-state index in [1.165, 1.54) is 10.9 Å². The number of amides is 1. The molecule has 21 heavy (non-hydrogen) atoms. The molecule has 0 aliphatic rings. The number of carbonyl (C=O) groups is 1. The van der Waals surface area contributed by atoms with Gasteiger partial charge in [-0.2, -0.15) is 5.21 Å². The van der Waals surface area contributed by atoms with E-state index in [9.17, 15) is 9.59 Å². The van der Waals surface area contributed by atoms with Crippen molar-refractivity contribution in [2.24, 2.45) is 0 Å². The van der Waals surface area contributed by atoms with Crippen molar-refractivity contribution < 1.29 is 4.79 Å². The van der Waals surface area contributed by atoms with Crippen molar-refractivity contribution in [3.05, 3.63) is 40.9 Å². The van der Waals surface area contributed by atoms with E-state index in [0.717, 1.165) is 0 Å². The molecule has 0 radical (unpaired) electrons. The zero-order valence-electron chi connectivity index (χ0n) is 10.9. The lowest BCUT2D eigenvalue weighted by Gasteiger charge is -2.06. The molecule has 3 aromatic rings. The summed E-state index contributed by atoms with van der Waals surface area (Å²) in [4.78, 5) is 28.1. The molecule has 0 unspecified atom stereocenters. The van der Waals surface area contributed by atoms with Crippen LogP contribution in [0.25, 0.3) is 10.9 Å². The Labute approximate surface area is 118 Å². The second kappa shape index (κ2) is 5.49. The van der Waals surface area contributed by atoms with Crippen molar-refractivity contribution in [3.63, 3.8) is 0 Å². The van der Waals surface area contributed by atoms with Crippen LogP contribution in [0.2, 0.25) is 0 Å². The van der Waals surface area contributed by atoms with Crippen LogP contribution in [0.4, 0.5) is 5.95 Å². The maximum atomic E-state index is 12.2. The average Bonchev–Trinajstić information content (AvgIpc) is 3.00. The van der Waals surface area contributed by atoms with Crippen molar-refractivity contribution in [3.8, 4) is 0 Å². The van der Waals surface area contributed by atoms with Crippen LogP contribution >= 0.6 is 0 Å². The van der Waals surface area contributed by atoms with Gasteiger partial charge in [-0.1, -0.05) is 17.2 Å². The van der Waals surface area contributed by atoms with Crippen LogP contribution in [0.15, 0.2) is 35.4 Å². The smallest absolute Gasteiger partial charge is 0.269 e. The van der Waals surface area contributed by atoms with E-state index in [4.69, 9.17) is 0 Å². The summed E-state index contributed by atoms with van der Waals surface area (Å²) >= 11 is 0. The number of H-pyrrole nitrogens is 1. The Bertz CT molecular complexity index is 825. The number of hydrogen-bond acceptors (Lipinski definition) is 6. The van der Waals surface area contributed by atoms with E-state index in [1.807, 2.05) is 6.07 Å². The number of aromatic amines is 1. The van der Waals surface area contributed by atoms with Crippen LogP contribution in [-0.2, 0) is 11.3 Å². The first-order valence-electron chi connectivity index (χ1n) is 6.21. The molecule has 0 spiro atoms. The molecule has 3 rings (SSSR count). The summed E-state index contributed by atoms with van der Waals surface area (Å²) < 4.78 is 1.40. The molecule has 2 N–H and O–H groups in total. The minimum Gasteiger partial charge on any atom is -0.298 e. The molecule has 106 valence electrons. The average molecular weight is 285 g/mol. The van der Waals surface area contributed by atoms with E-state index in [0.29, 0.717) is 10.9 Å². The fourth-order valence-electron chi connectivity index (χ4n) is 1.89. The fourth-order valence-corrected chi connectivity index (χ4v) is 1.89. The molecule has 0 saturated heterocycles. The van der Waals surface area contributed by atoms with E-state index >= 15 is 0 Å². The summed E-state index contributed by atoms with van der Waals surface area (Å²) in [5, 5.41) is 15.8. The monoisotopic (exact) mass is 285 g/mol. The van der Waals surface area contributed by atoms with Gasteiger partial charge in [0.05, 0.1) is 17.2 Å². The van der Waals surface area contributed by atoms with Crippen molar-refractivity contribution in [2.75, 3.05) is 5.32 Å². The molecule has 0 aliphatic carbocycles. The number of aryl methyl sites for hydroxylation is 1. The molecule has 9 heteroatoms. The minimum absolute atomic E-state index is 0.101. The van der Waals surface area contributed by atoms with Crippen LogP contribution in [0, 0.1) is 0 Å². The fraction of sp³-hybridized carbons (Fsp3) is 0.167. The third-order valence-electron chi connectivity index (χ3n) is 2.91. The zero-order chi connectivity index (χ0) is 14.7. The molecule has 9 nitrogen and oxygen atoms in total. The third kappa shape index (κ3) is 2.76. The highest BCUT2D eigenvalue weighted by atomic mass is 16.2. The van der Waals surface area contributed by atoms with Gasteiger partial charge >= 0.3 is 0 Å². The summed E-state index contributed by atoms with van der Waals surface area (Å²) in [7, 11) is 0. The molecule has 0 aliphatic heterocycles. The van der Waals surface area contributed by atoms with E-state index in [1.54, 1.807) is 18.2 Å². The lowest BCUT2D eigenvalue weighted by atomic mass is 10.2. The zero-order valence-corrected chi connectivity index (χ0v) is 10.9. The van der Waals surface area contributed by atoms with Gasteiger partial charge in [0, 0.05) is 13.0 Å². The van der Waals surface area contributed by atoms with Crippen molar-refractivity contribution in [2.45, 2.75) is 13.0 Å². The van der Waals surface area contributed by atoms with E-state index < -0.39 is 0 Å². The number of rotatable bonds is 4. The molecule has 0 atom stereocenters. The topological polar surface area (TPSA) is 118 Å². The predicted octanol–water partition coefficient (Wildman–Crippen LogP) is -0.0616. The normalized spacial score (nSPS) is 10.7. The summed E-state index contributed by atoms with van der Waals surface area (Å²) in [6.07, 6.45) is 1.54. The first kappa shape index (κ1) is 12.9. The predicted molar refractivity (Wildman–Crippen MR) is 73.4 cm³/mol. The molecule has 2 heterocycles. The summed E-state index contributed by atoms with van der Waals surface area (Å²) in [6.45, 7) is 0.223. The molecule has 1 aromatic carbocycles. The van der Waals surface area contributed by atoms with Gasteiger partial charge in [-0.3, -0.25) is 19.5 Å². The van der Waals surface area contributed by atoms with Crippen LogP contribution in [0.1, 0.15) is 6.42 Å². The van der Waals surface area contributed by atoms with E-state index in [2.05, 4.69) is 30.9 Å². The molecular formula is C12H11N7O2. The Morgan fingerprint density at radius 2 is 2.19 bits per heavy atom. The largest absolute Gasteiger partial charge is 0.298 e. The maximum absolute atomic E-state index is 12.2. The summed E-state index contributed by atoms with van der Waals surface area (Å²) in [6, 6.07) is 7.07. The van der Waals surface area contributed by atoms with Crippen LogP contribution < -0.4 is 10.9 Å². The van der Waals surface area contributed by atoms with Gasteiger partial charge in [0.15, 0.2) is 0 Å². The highest BCUT2D eigenvalue weighted by Crippen LogP contribution is 2.05. The van der Waals surface area contributed by atoms with Gasteiger partial charge < -0.3 is 0 Å². The maximum Gasteiger partial charge on any atom is 0.269 e. The van der Waals surface area contributed by atoms with Crippen LogP contribution in [-0.4, -0.2) is 36.1 Å². The molecule has 1 amide bonds. The van der Waals surface area contributed by atoms with E-state index in [-0.39, 0.29) is 30.4 Å². The Morgan fingerprint density at radius 3 is 3.00 bits per heavy atom. The number of nitrogens with zero attached hydrogens (tertiary/aromatic N) is 5. The van der Waals surface area contributed by atoms with Crippen LogP contribution in [0.3, 0.4) is 0 Å². The van der Waals surface area contributed by atoms with Gasteiger partial charge in [-0.15, -0.1) is 5.10 Å². The molecular weight excluding hydrogens is 274 g/mol. The Morgan fingerprint density at radius 1 is 1.33 bits per heavy atom. The van der Waals surface area contributed by atoms with Gasteiger partial charge in [0.2, 0.25) is 5.91 Å². The number of hydrogen-bond donors (Lipinski definition) is 2. The summed E-state index contributed by atoms with van der Waals surface area (Å²) in [5.41, 5.74) is 0.461. The number of anilines is 1. The molecule has 0 fully saturated rings. The Hall–Kier alpha value is -3.10. The number of benzene rings is 1. The number of carbonyl (C=O) groups excluding carboxylic acids is 1. The first-order chi connectivity index (χ1) is 10.2.